The predicted molar refractivity (Wildman–Crippen MR) is 60.0 cm³/mol. The van der Waals surface area contributed by atoms with Crippen molar-refractivity contribution in [3.63, 3.8) is 0 Å². The van der Waals surface area contributed by atoms with Crippen LogP contribution in [0.3, 0.4) is 0 Å². The van der Waals surface area contributed by atoms with E-state index in [1.54, 1.807) is 0 Å². The highest BCUT2D eigenvalue weighted by molar-refractivity contribution is 4.71. The fraction of sp³-hybridized carbons (Fsp3) is 1.00. The molecule has 1 fully saturated rings. The van der Waals surface area contributed by atoms with Crippen LogP contribution in [0.15, 0.2) is 0 Å². The van der Waals surface area contributed by atoms with Gasteiger partial charge in [-0.3, -0.25) is 0 Å². The molecule has 0 aromatic heterocycles. The minimum absolute atomic E-state index is 0.101. The molecule has 1 saturated heterocycles. The normalized spacial score (nSPS) is 21.0. The Morgan fingerprint density at radius 1 is 1.27 bits per heavy atom. The van der Waals surface area contributed by atoms with Crippen molar-refractivity contribution in [2.75, 3.05) is 33.0 Å². The van der Waals surface area contributed by atoms with Gasteiger partial charge in [-0.2, -0.15) is 0 Å². The van der Waals surface area contributed by atoms with E-state index in [9.17, 15) is 0 Å². The second-order valence-corrected chi connectivity index (χ2v) is 5.54. The van der Waals surface area contributed by atoms with Gasteiger partial charge in [-0.05, 0) is 5.92 Å². The zero-order valence-electron chi connectivity index (χ0n) is 10.4. The molecule has 90 valence electrons. The Bertz CT molecular complexity index is 164. The van der Waals surface area contributed by atoms with Gasteiger partial charge in [0.1, 0.15) is 6.10 Å². The van der Waals surface area contributed by atoms with Gasteiger partial charge >= 0.3 is 0 Å². The van der Waals surface area contributed by atoms with Crippen LogP contribution in [-0.2, 0) is 14.2 Å². The van der Waals surface area contributed by atoms with E-state index in [2.05, 4.69) is 27.7 Å². The molecule has 0 aliphatic carbocycles. The van der Waals surface area contributed by atoms with E-state index in [4.69, 9.17) is 14.2 Å². The Kier molecular flexibility index (Phi) is 5.03. The maximum absolute atomic E-state index is 5.62. The molecule has 1 heterocycles. The summed E-state index contributed by atoms with van der Waals surface area (Å²) in [4.78, 5) is 0. The van der Waals surface area contributed by atoms with Crippen molar-refractivity contribution in [3.8, 4) is 0 Å². The lowest BCUT2D eigenvalue weighted by Crippen LogP contribution is -2.27. The third-order valence-electron chi connectivity index (χ3n) is 2.14. The highest BCUT2D eigenvalue weighted by Gasteiger charge is 2.25. The lowest BCUT2D eigenvalue weighted by Gasteiger charge is -2.24. The lowest BCUT2D eigenvalue weighted by atomic mass is 9.96. The summed E-state index contributed by atoms with van der Waals surface area (Å²) in [6.45, 7) is 12.6. The highest BCUT2D eigenvalue weighted by Crippen LogP contribution is 2.18. The third kappa shape index (κ3) is 6.88. The van der Waals surface area contributed by atoms with Gasteiger partial charge in [0, 0.05) is 12.0 Å². The van der Waals surface area contributed by atoms with Crippen molar-refractivity contribution in [2.24, 2.45) is 11.3 Å². The van der Waals surface area contributed by atoms with Crippen molar-refractivity contribution in [1.29, 1.82) is 0 Å². The molecule has 0 N–H and O–H groups in total. The standard InChI is InChI=1S/C12H24O3/c1-10(2)5-13-8-12(3,4)9-14-6-11-7-15-11/h10-11H,5-9H2,1-4H3. The third-order valence-corrected chi connectivity index (χ3v) is 2.14. The average molecular weight is 216 g/mol. The minimum Gasteiger partial charge on any atom is -0.381 e. The molecule has 0 spiro atoms. The molecule has 0 aromatic carbocycles. The van der Waals surface area contributed by atoms with E-state index in [0.29, 0.717) is 12.0 Å². The van der Waals surface area contributed by atoms with Crippen LogP contribution in [0.25, 0.3) is 0 Å². The van der Waals surface area contributed by atoms with Crippen LogP contribution in [-0.4, -0.2) is 39.1 Å². The summed E-state index contributed by atoms with van der Waals surface area (Å²) in [6, 6.07) is 0. The molecule has 1 aliphatic rings. The summed E-state index contributed by atoms with van der Waals surface area (Å²) < 4.78 is 16.3. The quantitative estimate of drug-likeness (QED) is 0.582. The Labute approximate surface area is 93.1 Å². The maximum Gasteiger partial charge on any atom is 0.104 e. The van der Waals surface area contributed by atoms with Crippen molar-refractivity contribution in [3.05, 3.63) is 0 Å². The minimum atomic E-state index is 0.101. The van der Waals surface area contributed by atoms with Crippen LogP contribution in [0.5, 0.6) is 0 Å². The van der Waals surface area contributed by atoms with Crippen LogP contribution in [0.1, 0.15) is 27.7 Å². The van der Waals surface area contributed by atoms with E-state index in [1.165, 1.54) is 0 Å². The first-order valence-corrected chi connectivity index (χ1v) is 5.77. The van der Waals surface area contributed by atoms with Crippen LogP contribution >= 0.6 is 0 Å². The second kappa shape index (κ2) is 5.83. The Balaban J connectivity index is 2.01. The smallest absolute Gasteiger partial charge is 0.104 e. The predicted octanol–water partition coefficient (Wildman–Crippen LogP) is 2.10. The van der Waals surface area contributed by atoms with Crippen molar-refractivity contribution in [2.45, 2.75) is 33.8 Å². The van der Waals surface area contributed by atoms with E-state index >= 15 is 0 Å². The fourth-order valence-corrected chi connectivity index (χ4v) is 1.24. The number of rotatable bonds is 8. The summed E-state index contributed by atoms with van der Waals surface area (Å²) >= 11 is 0. The molecule has 1 atom stereocenters. The zero-order valence-corrected chi connectivity index (χ0v) is 10.4. The molecule has 1 aliphatic heterocycles. The molecule has 1 unspecified atom stereocenters. The van der Waals surface area contributed by atoms with Gasteiger partial charge in [0.05, 0.1) is 26.4 Å². The van der Waals surface area contributed by atoms with E-state index in [0.717, 1.165) is 33.0 Å². The SMILES string of the molecule is CC(C)COCC(C)(C)COCC1CO1. The maximum atomic E-state index is 5.62. The summed E-state index contributed by atoms with van der Waals surface area (Å²) in [5.41, 5.74) is 0.101. The van der Waals surface area contributed by atoms with Gasteiger partial charge in [0.25, 0.3) is 0 Å². The lowest BCUT2D eigenvalue weighted by molar-refractivity contribution is -0.0131. The molecule has 15 heavy (non-hydrogen) atoms. The van der Waals surface area contributed by atoms with Crippen molar-refractivity contribution < 1.29 is 14.2 Å². The molecule has 1 rings (SSSR count). The Morgan fingerprint density at radius 2 is 1.87 bits per heavy atom. The first-order valence-electron chi connectivity index (χ1n) is 5.77. The molecule has 0 saturated carbocycles. The van der Waals surface area contributed by atoms with Gasteiger partial charge in [-0.1, -0.05) is 27.7 Å². The highest BCUT2D eigenvalue weighted by atomic mass is 16.6. The van der Waals surface area contributed by atoms with Gasteiger partial charge in [0.15, 0.2) is 0 Å². The first kappa shape index (κ1) is 12.9. The molecular weight excluding hydrogens is 192 g/mol. The molecule has 0 aromatic rings. The second-order valence-electron chi connectivity index (χ2n) is 5.54. The molecule has 0 bridgehead atoms. The molecule has 3 nitrogen and oxygen atoms in total. The van der Waals surface area contributed by atoms with Crippen LogP contribution < -0.4 is 0 Å². The van der Waals surface area contributed by atoms with Gasteiger partial charge in [-0.25, -0.2) is 0 Å². The fourth-order valence-electron chi connectivity index (χ4n) is 1.24. The van der Waals surface area contributed by atoms with E-state index in [-0.39, 0.29) is 5.41 Å². The summed E-state index contributed by atoms with van der Waals surface area (Å²) in [5.74, 6) is 0.599. The van der Waals surface area contributed by atoms with Crippen LogP contribution in [0, 0.1) is 11.3 Å². The summed E-state index contributed by atoms with van der Waals surface area (Å²) in [5, 5.41) is 0. The van der Waals surface area contributed by atoms with Crippen molar-refractivity contribution >= 4 is 0 Å². The zero-order chi connectivity index (χ0) is 11.3. The first-order chi connectivity index (χ1) is 6.99. The van der Waals surface area contributed by atoms with E-state index in [1.807, 2.05) is 0 Å². The molecule has 0 amide bonds. The average Bonchev–Trinajstić information content (AvgIpc) is 2.86. The largest absolute Gasteiger partial charge is 0.381 e. The Morgan fingerprint density at radius 3 is 2.40 bits per heavy atom. The number of epoxide rings is 1. The molecule has 3 heteroatoms. The van der Waals surface area contributed by atoms with Gasteiger partial charge < -0.3 is 14.2 Å². The monoisotopic (exact) mass is 216 g/mol. The Hall–Kier alpha value is -0.120. The number of hydrogen-bond donors (Lipinski definition) is 0. The van der Waals surface area contributed by atoms with E-state index < -0.39 is 0 Å². The van der Waals surface area contributed by atoms with Crippen LogP contribution in [0.2, 0.25) is 0 Å². The number of ether oxygens (including phenoxy) is 3. The van der Waals surface area contributed by atoms with Gasteiger partial charge in [-0.15, -0.1) is 0 Å². The topological polar surface area (TPSA) is 31.0 Å². The molecule has 0 radical (unpaired) electrons. The van der Waals surface area contributed by atoms with Crippen LogP contribution in [0.4, 0.5) is 0 Å². The summed E-state index contributed by atoms with van der Waals surface area (Å²) in [6.07, 6.45) is 0.359. The van der Waals surface area contributed by atoms with Crippen molar-refractivity contribution in [1.82, 2.24) is 0 Å². The molecular formula is C12H24O3. The summed E-state index contributed by atoms with van der Waals surface area (Å²) in [7, 11) is 0. The number of hydrogen-bond acceptors (Lipinski definition) is 3. The van der Waals surface area contributed by atoms with Gasteiger partial charge in [0.2, 0.25) is 0 Å².